The molecule has 1 saturated heterocycles. The van der Waals surface area contributed by atoms with Crippen molar-refractivity contribution in [2.75, 3.05) is 7.11 Å². The molecule has 5 atom stereocenters. The highest BCUT2D eigenvalue weighted by Gasteiger charge is 2.69. The number of carbonyl (C=O) groups is 2. The van der Waals surface area contributed by atoms with E-state index >= 15 is 0 Å². The molecule has 4 rings (SSSR count). The molecule has 1 aromatic heterocycles. The van der Waals surface area contributed by atoms with E-state index in [1.807, 2.05) is 37.3 Å². The zero-order valence-electron chi connectivity index (χ0n) is 18.6. The summed E-state index contributed by atoms with van der Waals surface area (Å²) in [5.74, 6) is -0.633. The van der Waals surface area contributed by atoms with Crippen LogP contribution in [-0.4, -0.2) is 57.0 Å². The molecular formula is C24H27N3O5S. The van der Waals surface area contributed by atoms with Crippen molar-refractivity contribution < 1.29 is 23.8 Å². The molecule has 1 saturated carbocycles. The Kier molecular flexibility index (Phi) is 6.51. The van der Waals surface area contributed by atoms with Crippen LogP contribution in [0, 0.1) is 11.3 Å². The molecule has 0 bridgehead atoms. The lowest BCUT2D eigenvalue weighted by atomic mass is 9.61. The molecule has 2 heterocycles. The maximum atomic E-state index is 13.2. The van der Waals surface area contributed by atoms with Crippen LogP contribution in [0.4, 0.5) is 4.79 Å². The van der Waals surface area contributed by atoms with E-state index in [0.717, 1.165) is 5.56 Å². The number of carbonyl (C=O) groups excluding carboxylic acids is 2. The van der Waals surface area contributed by atoms with Crippen molar-refractivity contribution >= 4 is 29.5 Å². The summed E-state index contributed by atoms with van der Waals surface area (Å²) in [6.07, 6.45) is 6.86. The van der Waals surface area contributed by atoms with Crippen LogP contribution in [0.15, 0.2) is 61.7 Å². The minimum atomic E-state index is -0.825. The van der Waals surface area contributed by atoms with Gasteiger partial charge in [0.2, 0.25) is 0 Å². The number of amides is 1. The summed E-state index contributed by atoms with van der Waals surface area (Å²) in [5.41, 5.74) is 0.212. The summed E-state index contributed by atoms with van der Waals surface area (Å²) in [6.45, 7) is 5.96. The smallest absolute Gasteiger partial charge is 0.411 e. The van der Waals surface area contributed by atoms with Crippen molar-refractivity contribution in [3.8, 4) is 0 Å². The molecule has 0 radical (unpaired) electrons. The normalized spacial score (nSPS) is 27.8. The zero-order chi connectivity index (χ0) is 23.6. The van der Waals surface area contributed by atoms with E-state index in [9.17, 15) is 9.59 Å². The Bertz CT molecular complexity index is 1030. The van der Waals surface area contributed by atoms with E-state index in [-0.39, 0.29) is 29.8 Å². The first-order valence-corrected chi connectivity index (χ1v) is 11.2. The molecule has 5 unspecified atom stereocenters. The van der Waals surface area contributed by atoms with Crippen molar-refractivity contribution in [3.63, 3.8) is 0 Å². The molecule has 1 amide bonds. The highest BCUT2D eigenvalue weighted by molar-refractivity contribution is 7.80. The molecule has 1 aliphatic heterocycles. The molecule has 1 aliphatic carbocycles. The Labute approximate surface area is 198 Å². The van der Waals surface area contributed by atoms with Gasteiger partial charge >= 0.3 is 12.1 Å². The van der Waals surface area contributed by atoms with Crippen LogP contribution in [0.3, 0.4) is 0 Å². The van der Waals surface area contributed by atoms with Crippen LogP contribution >= 0.6 is 12.2 Å². The van der Waals surface area contributed by atoms with Crippen molar-refractivity contribution in [3.05, 3.63) is 67.3 Å². The number of nitrogens with zero attached hydrogens (tertiary/aromatic N) is 3. The van der Waals surface area contributed by atoms with E-state index < -0.39 is 23.5 Å². The summed E-state index contributed by atoms with van der Waals surface area (Å²) < 4.78 is 18.4. The summed E-state index contributed by atoms with van der Waals surface area (Å²) in [6, 6.07) is 8.35. The lowest BCUT2D eigenvalue weighted by molar-refractivity contribution is -0.149. The summed E-state index contributed by atoms with van der Waals surface area (Å²) in [5, 5.41) is 0.275. The molecule has 0 N–H and O–H groups in total. The second-order valence-corrected chi connectivity index (χ2v) is 8.94. The number of ether oxygens (including phenoxy) is 3. The number of hydrogen-bond donors (Lipinski definition) is 0. The van der Waals surface area contributed by atoms with Crippen molar-refractivity contribution in [2.24, 2.45) is 11.3 Å². The van der Waals surface area contributed by atoms with E-state index in [2.05, 4.69) is 11.6 Å². The first-order chi connectivity index (χ1) is 15.9. The quantitative estimate of drug-likeness (QED) is 0.363. The summed E-state index contributed by atoms with van der Waals surface area (Å²) in [4.78, 5) is 31.7. The minimum Gasteiger partial charge on any atom is -0.467 e. The number of fused-ring (bicyclic) bond motifs is 1. The van der Waals surface area contributed by atoms with Crippen molar-refractivity contribution in [1.82, 2.24) is 14.5 Å². The first kappa shape index (κ1) is 23.0. The average molecular weight is 470 g/mol. The van der Waals surface area contributed by atoms with Gasteiger partial charge in [-0.1, -0.05) is 43.3 Å². The monoisotopic (exact) mass is 469 g/mol. The molecule has 8 nitrogen and oxygen atoms in total. The van der Waals surface area contributed by atoms with Gasteiger partial charge in [0.1, 0.15) is 25.1 Å². The Hall–Kier alpha value is -3.20. The lowest BCUT2D eigenvalue weighted by Crippen LogP contribution is -2.55. The fourth-order valence-electron chi connectivity index (χ4n) is 5.19. The number of likely N-dealkylation sites (tertiary alicyclic amines) is 1. The number of imidazole rings is 1. The maximum absolute atomic E-state index is 13.2. The molecule has 2 aromatic rings. The SMILES string of the molecule is C=CCC1(C)C2C(OC(=S)n3ccnc3)CC2N(C(=O)OCc2ccccc2)C1C(=O)OC. The Balaban J connectivity index is 1.58. The molecule has 0 spiro atoms. The van der Waals surface area contributed by atoms with Gasteiger partial charge in [0, 0.05) is 36.2 Å². The van der Waals surface area contributed by atoms with E-state index in [0.29, 0.717) is 12.8 Å². The standard InChI is InChI=1S/C24H27N3O5S/c1-4-10-24(2)19-17(13-18(19)32-23(33)26-12-11-25-15-26)27(20(24)21(28)30-3)22(29)31-14-16-8-6-5-7-9-16/h4-9,11-12,15,17-20H,1,10,13-14H2,2-3H3. The zero-order valence-corrected chi connectivity index (χ0v) is 19.4. The van der Waals surface area contributed by atoms with Gasteiger partial charge in [-0.25, -0.2) is 14.6 Å². The molecule has 33 heavy (non-hydrogen) atoms. The van der Waals surface area contributed by atoms with Crippen LogP contribution in [0.5, 0.6) is 0 Å². The summed E-state index contributed by atoms with van der Waals surface area (Å²) >= 11 is 5.41. The number of methoxy groups -OCH3 is 1. The van der Waals surface area contributed by atoms with Crippen LogP contribution < -0.4 is 0 Å². The molecule has 1 aromatic carbocycles. The predicted molar refractivity (Wildman–Crippen MR) is 124 cm³/mol. The van der Waals surface area contributed by atoms with Gasteiger partial charge in [-0.3, -0.25) is 9.47 Å². The number of aromatic nitrogens is 2. The van der Waals surface area contributed by atoms with Gasteiger partial charge in [0.15, 0.2) is 0 Å². The van der Waals surface area contributed by atoms with Crippen LogP contribution in [0.2, 0.25) is 0 Å². The number of thiocarbonyl (C=S) groups is 1. The van der Waals surface area contributed by atoms with Crippen LogP contribution in [0.1, 0.15) is 25.3 Å². The van der Waals surface area contributed by atoms with Gasteiger partial charge < -0.3 is 14.2 Å². The minimum absolute atomic E-state index is 0.115. The van der Waals surface area contributed by atoms with Gasteiger partial charge in [-0.2, -0.15) is 0 Å². The second-order valence-electron chi connectivity index (χ2n) is 8.59. The van der Waals surface area contributed by atoms with E-state index in [1.165, 1.54) is 12.0 Å². The predicted octanol–water partition coefficient (Wildman–Crippen LogP) is 3.57. The molecule has 174 valence electrons. The van der Waals surface area contributed by atoms with Gasteiger partial charge in [-0.05, 0) is 24.2 Å². The highest BCUT2D eigenvalue weighted by atomic mass is 32.1. The Morgan fingerprint density at radius 1 is 1.33 bits per heavy atom. The third-order valence-corrected chi connectivity index (χ3v) is 7.01. The number of rotatable bonds is 6. The van der Waals surface area contributed by atoms with E-state index in [1.54, 1.807) is 29.4 Å². The molecule has 2 fully saturated rings. The Morgan fingerprint density at radius 2 is 2.09 bits per heavy atom. The fraction of sp³-hybridized carbons (Fsp3) is 0.417. The lowest BCUT2D eigenvalue weighted by Gasteiger charge is -2.46. The third-order valence-electron chi connectivity index (χ3n) is 6.70. The molecular weight excluding hydrogens is 442 g/mol. The fourth-order valence-corrected chi connectivity index (χ4v) is 5.42. The van der Waals surface area contributed by atoms with Crippen LogP contribution in [-0.2, 0) is 25.6 Å². The average Bonchev–Trinajstić information content (AvgIpc) is 3.39. The van der Waals surface area contributed by atoms with Crippen LogP contribution in [0.25, 0.3) is 0 Å². The topological polar surface area (TPSA) is 82.9 Å². The number of esters is 1. The van der Waals surface area contributed by atoms with Crippen molar-refractivity contribution in [2.45, 2.75) is 44.6 Å². The van der Waals surface area contributed by atoms with Gasteiger partial charge in [0.05, 0.1) is 7.11 Å². The maximum Gasteiger partial charge on any atom is 0.411 e. The summed E-state index contributed by atoms with van der Waals surface area (Å²) in [7, 11) is 1.33. The van der Waals surface area contributed by atoms with E-state index in [4.69, 9.17) is 26.4 Å². The first-order valence-electron chi connectivity index (χ1n) is 10.8. The largest absolute Gasteiger partial charge is 0.467 e. The van der Waals surface area contributed by atoms with Gasteiger partial charge in [0.25, 0.3) is 5.17 Å². The van der Waals surface area contributed by atoms with Crippen molar-refractivity contribution in [1.29, 1.82) is 0 Å². The Morgan fingerprint density at radius 3 is 2.73 bits per heavy atom. The highest BCUT2D eigenvalue weighted by Crippen LogP contribution is 2.58. The number of benzene rings is 1. The number of hydrogen-bond acceptors (Lipinski definition) is 7. The molecule has 9 heteroatoms. The number of allylic oxidation sites excluding steroid dienone is 1. The third kappa shape index (κ3) is 4.13. The molecule has 2 aliphatic rings. The second kappa shape index (κ2) is 9.35. The van der Waals surface area contributed by atoms with Gasteiger partial charge in [-0.15, -0.1) is 6.58 Å².